The van der Waals surface area contributed by atoms with Crippen LogP contribution in [-0.4, -0.2) is 5.91 Å². The molecule has 128 valence electrons. The van der Waals surface area contributed by atoms with Gasteiger partial charge in [0, 0.05) is 10.6 Å². The van der Waals surface area contributed by atoms with Crippen molar-refractivity contribution in [3.63, 3.8) is 0 Å². The van der Waals surface area contributed by atoms with E-state index < -0.39 is 0 Å². The number of benzene rings is 3. The summed E-state index contributed by atoms with van der Waals surface area (Å²) in [4.78, 5) is 14.8. The van der Waals surface area contributed by atoms with E-state index in [1.54, 1.807) is 35.2 Å². The van der Waals surface area contributed by atoms with E-state index in [2.05, 4.69) is 0 Å². The molecular formula is C21H12Cl3NO. The van der Waals surface area contributed by atoms with Gasteiger partial charge in [-0.2, -0.15) is 0 Å². The quantitative estimate of drug-likeness (QED) is 0.430. The number of hydrogen-bond donors (Lipinski definition) is 0. The predicted molar refractivity (Wildman–Crippen MR) is 109 cm³/mol. The van der Waals surface area contributed by atoms with Crippen molar-refractivity contribution in [1.29, 1.82) is 0 Å². The van der Waals surface area contributed by atoms with Gasteiger partial charge in [0.05, 0.1) is 27.0 Å². The predicted octanol–water partition coefficient (Wildman–Crippen LogP) is 6.87. The van der Waals surface area contributed by atoms with Crippen LogP contribution >= 0.6 is 34.8 Å². The minimum absolute atomic E-state index is 0.170. The van der Waals surface area contributed by atoms with Crippen molar-refractivity contribution < 1.29 is 4.79 Å². The molecule has 0 fully saturated rings. The second-order valence-corrected chi connectivity index (χ2v) is 7.09. The molecule has 3 aromatic carbocycles. The van der Waals surface area contributed by atoms with Crippen LogP contribution in [-0.2, 0) is 4.79 Å². The molecule has 3 aromatic rings. The van der Waals surface area contributed by atoms with Crippen LogP contribution in [0, 0.1) is 0 Å². The first-order valence-electron chi connectivity index (χ1n) is 7.91. The Kier molecular flexibility index (Phi) is 4.49. The van der Waals surface area contributed by atoms with Gasteiger partial charge in [0.15, 0.2) is 0 Å². The molecule has 26 heavy (non-hydrogen) atoms. The second kappa shape index (κ2) is 6.81. The van der Waals surface area contributed by atoms with Gasteiger partial charge in [-0.05, 0) is 42.0 Å². The van der Waals surface area contributed by atoms with Gasteiger partial charge in [-0.25, -0.2) is 0 Å². The number of para-hydroxylation sites is 2. The summed E-state index contributed by atoms with van der Waals surface area (Å²) >= 11 is 18.7. The third-order valence-electron chi connectivity index (χ3n) is 4.21. The molecule has 0 atom stereocenters. The molecule has 0 radical (unpaired) electrons. The van der Waals surface area contributed by atoms with Crippen LogP contribution in [0.1, 0.15) is 11.1 Å². The zero-order chi connectivity index (χ0) is 18.3. The molecular weight excluding hydrogens is 389 g/mol. The van der Waals surface area contributed by atoms with Gasteiger partial charge in [0.1, 0.15) is 0 Å². The van der Waals surface area contributed by atoms with Crippen molar-refractivity contribution in [3.8, 4) is 0 Å². The lowest BCUT2D eigenvalue weighted by Crippen LogP contribution is -2.21. The van der Waals surface area contributed by atoms with Gasteiger partial charge in [-0.3, -0.25) is 9.69 Å². The summed E-state index contributed by atoms with van der Waals surface area (Å²) in [6.07, 6.45) is 1.85. The van der Waals surface area contributed by atoms with E-state index in [1.807, 2.05) is 42.5 Å². The Morgan fingerprint density at radius 3 is 2.12 bits per heavy atom. The van der Waals surface area contributed by atoms with E-state index in [-0.39, 0.29) is 5.91 Å². The smallest absolute Gasteiger partial charge is 0.263 e. The van der Waals surface area contributed by atoms with Crippen LogP contribution in [0.15, 0.2) is 66.7 Å². The third-order valence-corrected chi connectivity index (χ3v) is 5.07. The van der Waals surface area contributed by atoms with Gasteiger partial charge in [-0.1, -0.05) is 71.2 Å². The summed E-state index contributed by atoms with van der Waals surface area (Å²) in [5.41, 5.74) is 3.56. The summed E-state index contributed by atoms with van der Waals surface area (Å²) in [5, 5.41) is 1.50. The third kappa shape index (κ3) is 2.90. The number of carbonyl (C=O) groups is 1. The van der Waals surface area contributed by atoms with Crippen LogP contribution < -0.4 is 4.90 Å². The van der Waals surface area contributed by atoms with E-state index in [0.29, 0.717) is 26.3 Å². The molecule has 0 N–H and O–H groups in total. The highest BCUT2D eigenvalue weighted by Crippen LogP contribution is 2.46. The Morgan fingerprint density at radius 2 is 1.42 bits per heavy atom. The topological polar surface area (TPSA) is 20.3 Å². The molecule has 5 heteroatoms. The molecule has 2 nitrogen and oxygen atoms in total. The van der Waals surface area contributed by atoms with Crippen molar-refractivity contribution in [1.82, 2.24) is 0 Å². The first kappa shape index (κ1) is 17.2. The number of rotatable bonds is 2. The Balaban J connectivity index is 1.90. The average Bonchev–Trinajstić information content (AvgIpc) is 2.90. The average molecular weight is 401 g/mol. The first-order valence-corrected chi connectivity index (χ1v) is 9.05. The number of fused-ring (bicyclic) bond motifs is 1. The minimum atomic E-state index is -0.170. The first-order chi connectivity index (χ1) is 12.6. The summed E-state index contributed by atoms with van der Waals surface area (Å²) < 4.78 is 0. The van der Waals surface area contributed by atoms with Crippen LogP contribution in [0.4, 0.5) is 11.4 Å². The number of nitrogens with zero attached hydrogens (tertiary/aromatic N) is 1. The second-order valence-electron chi connectivity index (χ2n) is 5.84. The molecule has 4 rings (SSSR count). The molecule has 0 bridgehead atoms. The molecule has 0 saturated carbocycles. The molecule has 1 aliphatic heterocycles. The SMILES string of the molecule is O=C1/C(=C\c2ccc(Cl)cc2)c2ccccc2N1c1c(Cl)cccc1Cl. The summed E-state index contributed by atoms with van der Waals surface area (Å²) in [7, 11) is 0. The lowest BCUT2D eigenvalue weighted by molar-refractivity contribution is -0.112. The zero-order valence-electron chi connectivity index (χ0n) is 13.4. The molecule has 0 unspecified atom stereocenters. The van der Waals surface area contributed by atoms with E-state index in [0.717, 1.165) is 16.8 Å². The lowest BCUT2D eigenvalue weighted by Gasteiger charge is -2.20. The summed E-state index contributed by atoms with van der Waals surface area (Å²) in [5.74, 6) is -0.170. The maximum atomic E-state index is 13.3. The lowest BCUT2D eigenvalue weighted by atomic mass is 10.0. The van der Waals surface area contributed by atoms with Crippen molar-refractivity contribution in [3.05, 3.63) is 92.9 Å². The van der Waals surface area contributed by atoms with Gasteiger partial charge >= 0.3 is 0 Å². The fourth-order valence-electron chi connectivity index (χ4n) is 3.03. The Bertz CT molecular complexity index is 1020. The van der Waals surface area contributed by atoms with Gasteiger partial charge in [-0.15, -0.1) is 0 Å². The van der Waals surface area contributed by atoms with Crippen LogP contribution in [0.2, 0.25) is 15.1 Å². The van der Waals surface area contributed by atoms with Crippen molar-refractivity contribution in [2.24, 2.45) is 0 Å². The molecule has 1 aliphatic rings. The Labute approximate surface area is 166 Å². The fourth-order valence-corrected chi connectivity index (χ4v) is 3.72. The van der Waals surface area contributed by atoms with Gasteiger partial charge in [0.25, 0.3) is 5.91 Å². The molecule has 0 aliphatic carbocycles. The number of hydrogen-bond acceptors (Lipinski definition) is 1. The van der Waals surface area contributed by atoms with E-state index in [1.165, 1.54) is 0 Å². The molecule has 0 spiro atoms. The number of carbonyl (C=O) groups excluding carboxylic acids is 1. The van der Waals surface area contributed by atoms with E-state index in [9.17, 15) is 4.79 Å². The van der Waals surface area contributed by atoms with Crippen molar-refractivity contribution in [2.45, 2.75) is 0 Å². The van der Waals surface area contributed by atoms with Crippen molar-refractivity contribution in [2.75, 3.05) is 4.90 Å². The minimum Gasteiger partial charge on any atom is -0.273 e. The normalized spacial score (nSPS) is 14.8. The van der Waals surface area contributed by atoms with Crippen LogP contribution in [0.3, 0.4) is 0 Å². The Hall–Kier alpha value is -2.26. The fraction of sp³-hybridized carbons (Fsp3) is 0. The van der Waals surface area contributed by atoms with Crippen LogP contribution in [0.5, 0.6) is 0 Å². The number of amides is 1. The zero-order valence-corrected chi connectivity index (χ0v) is 15.7. The summed E-state index contributed by atoms with van der Waals surface area (Å²) in [6.45, 7) is 0. The highest BCUT2D eigenvalue weighted by atomic mass is 35.5. The van der Waals surface area contributed by atoms with Gasteiger partial charge < -0.3 is 0 Å². The highest BCUT2D eigenvalue weighted by Gasteiger charge is 2.35. The molecule has 1 amide bonds. The number of halogens is 3. The molecule has 1 heterocycles. The maximum Gasteiger partial charge on any atom is 0.263 e. The maximum absolute atomic E-state index is 13.3. The summed E-state index contributed by atoms with van der Waals surface area (Å²) in [6, 6.07) is 20.1. The highest BCUT2D eigenvalue weighted by molar-refractivity contribution is 6.44. The molecule has 0 saturated heterocycles. The Morgan fingerprint density at radius 1 is 0.769 bits per heavy atom. The monoisotopic (exact) mass is 399 g/mol. The largest absolute Gasteiger partial charge is 0.273 e. The van der Waals surface area contributed by atoms with E-state index >= 15 is 0 Å². The van der Waals surface area contributed by atoms with E-state index in [4.69, 9.17) is 34.8 Å². The number of anilines is 2. The standard InChI is InChI=1S/C21H12Cl3NO/c22-14-10-8-13(9-11-14)12-16-15-4-1-2-7-19(15)25(21(16)26)20-17(23)5-3-6-18(20)24/h1-12H/b16-12-. The van der Waals surface area contributed by atoms with Crippen molar-refractivity contribution >= 4 is 63.7 Å². The van der Waals surface area contributed by atoms with Gasteiger partial charge in [0.2, 0.25) is 0 Å². The van der Waals surface area contributed by atoms with Crippen LogP contribution in [0.25, 0.3) is 11.6 Å². The molecule has 0 aromatic heterocycles.